The maximum absolute atomic E-state index is 11.1. The monoisotopic (exact) mass is 298 g/mol. The summed E-state index contributed by atoms with van der Waals surface area (Å²) in [6.07, 6.45) is -2.48. The van der Waals surface area contributed by atoms with Crippen molar-refractivity contribution < 1.29 is 34.0 Å². The molecule has 116 valence electrons. The van der Waals surface area contributed by atoms with Crippen LogP contribution in [0.2, 0.25) is 0 Å². The van der Waals surface area contributed by atoms with E-state index in [1.54, 1.807) is 18.2 Å². The summed E-state index contributed by atoms with van der Waals surface area (Å²) in [5.41, 5.74) is -1.43. The van der Waals surface area contributed by atoms with Gasteiger partial charge in [-0.3, -0.25) is 4.79 Å². The summed E-state index contributed by atoms with van der Waals surface area (Å²) in [7, 11) is 4.24. The lowest BCUT2D eigenvalue weighted by Gasteiger charge is -2.31. The maximum Gasteiger partial charge on any atom is 0.306 e. The van der Waals surface area contributed by atoms with Crippen LogP contribution >= 0.6 is 0 Å². The number of carboxylic acid groups (broad SMARTS) is 1. The van der Waals surface area contributed by atoms with E-state index in [0.717, 1.165) is 0 Å². The summed E-state index contributed by atoms with van der Waals surface area (Å²) >= 11 is 0. The van der Waals surface area contributed by atoms with Gasteiger partial charge < -0.3 is 29.2 Å². The molecule has 0 fully saturated rings. The van der Waals surface area contributed by atoms with Gasteiger partial charge >= 0.3 is 5.97 Å². The van der Waals surface area contributed by atoms with Gasteiger partial charge in [-0.15, -0.1) is 0 Å². The fraction of sp³-hybridized carbons (Fsp3) is 0.500. The average molecular weight is 298 g/mol. The number of benzene rings is 1. The number of methoxy groups -OCH3 is 3. The number of rotatable bonds is 6. The Balaban J connectivity index is 2.52. The van der Waals surface area contributed by atoms with Gasteiger partial charge in [0.2, 0.25) is 0 Å². The number of aliphatic hydroxyl groups is 1. The van der Waals surface area contributed by atoms with Crippen LogP contribution < -0.4 is 9.47 Å². The number of aliphatic carboxylic acids is 1. The number of carboxylic acids is 1. The van der Waals surface area contributed by atoms with Crippen LogP contribution in [0.15, 0.2) is 18.2 Å². The summed E-state index contributed by atoms with van der Waals surface area (Å²) < 4.78 is 21.1. The van der Waals surface area contributed by atoms with Gasteiger partial charge in [-0.25, -0.2) is 0 Å². The van der Waals surface area contributed by atoms with Crippen LogP contribution in [-0.4, -0.2) is 49.9 Å². The Morgan fingerprint density at radius 2 is 2.05 bits per heavy atom. The molecule has 2 atom stereocenters. The zero-order valence-corrected chi connectivity index (χ0v) is 12.0. The van der Waals surface area contributed by atoms with Crippen molar-refractivity contribution in [3.8, 4) is 11.5 Å². The molecule has 0 aromatic heterocycles. The molecule has 0 saturated heterocycles. The van der Waals surface area contributed by atoms with E-state index in [-0.39, 0.29) is 0 Å². The second kappa shape index (κ2) is 5.88. The van der Waals surface area contributed by atoms with Crippen molar-refractivity contribution in [1.29, 1.82) is 0 Å². The second-order valence-corrected chi connectivity index (χ2v) is 4.71. The van der Waals surface area contributed by atoms with Crippen LogP contribution in [0.1, 0.15) is 12.0 Å². The number of hydrogen-bond donors (Lipinski definition) is 2. The number of fused-ring (bicyclic) bond motifs is 1. The standard InChI is InChI=1S/C14H18O7/c1-18-9-6-4-5-8-11(9)21-12(13(19-2)20-3)14(8,17)7-10(15)16/h4-6,12-13,17H,7H2,1-3H3,(H,15,16). The van der Waals surface area contributed by atoms with Gasteiger partial charge in [0.15, 0.2) is 23.9 Å². The molecule has 0 bridgehead atoms. The topological polar surface area (TPSA) is 94.5 Å². The molecule has 1 aromatic rings. The lowest BCUT2D eigenvalue weighted by Crippen LogP contribution is -2.48. The molecule has 2 unspecified atom stereocenters. The Bertz CT molecular complexity index is 526. The molecule has 7 nitrogen and oxygen atoms in total. The largest absolute Gasteiger partial charge is 0.493 e. The average Bonchev–Trinajstić information content (AvgIpc) is 2.73. The van der Waals surface area contributed by atoms with Gasteiger partial charge in [0.1, 0.15) is 5.60 Å². The zero-order chi connectivity index (χ0) is 15.6. The molecule has 0 saturated carbocycles. The SMILES string of the molecule is COc1cccc2c1OC(C(OC)OC)C2(O)CC(=O)O. The Morgan fingerprint density at radius 1 is 1.38 bits per heavy atom. The molecule has 1 heterocycles. The molecule has 1 aromatic carbocycles. The molecular weight excluding hydrogens is 280 g/mol. The van der Waals surface area contributed by atoms with Crippen molar-refractivity contribution in [2.24, 2.45) is 0 Å². The van der Waals surface area contributed by atoms with Crippen LogP contribution in [0.25, 0.3) is 0 Å². The highest BCUT2D eigenvalue weighted by Crippen LogP contribution is 2.49. The van der Waals surface area contributed by atoms with Crippen molar-refractivity contribution >= 4 is 5.97 Å². The summed E-state index contributed by atoms with van der Waals surface area (Å²) in [4.78, 5) is 11.1. The molecule has 0 amide bonds. The Morgan fingerprint density at radius 3 is 2.57 bits per heavy atom. The number of para-hydroxylation sites is 1. The van der Waals surface area contributed by atoms with Crippen molar-refractivity contribution in [1.82, 2.24) is 0 Å². The molecule has 2 rings (SSSR count). The highest BCUT2D eigenvalue weighted by atomic mass is 16.7. The fourth-order valence-corrected chi connectivity index (χ4v) is 2.57. The second-order valence-electron chi connectivity index (χ2n) is 4.71. The van der Waals surface area contributed by atoms with Crippen LogP contribution in [0, 0.1) is 0 Å². The third-order valence-electron chi connectivity index (χ3n) is 3.51. The minimum atomic E-state index is -1.77. The predicted molar refractivity (Wildman–Crippen MR) is 71.4 cm³/mol. The quantitative estimate of drug-likeness (QED) is 0.748. The van der Waals surface area contributed by atoms with E-state index in [1.807, 2.05) is 0 Å². The van der Waals surface area contributed by atoms with E-state index in [9.17, 15) is 9.90 Å². The van der Waals surface area contributed by atoms with Crippen molar-refractivity contribution in [3.05, 3.63) is 23.8 Å². The van der Waals surface area contributed by atoms with E-state index < -0.39 is 30.4 Å². The third kappa shape index (κ3) is 2.55. The van der Waals surface area contributed by atoms with E-state index in [1.165, 1.54) is 21.3 Å². The maximum atomic E-state index is 11.1. The summed E-state index contributed by atoms with van der Waals surface area (Å²) in [5.74, 6) is -0.453. The first-order valence-corrected chi connectivity index (χ1v) is 6.31. The van der Waals surface area contributed by atoms with Crippen molar-refractivity contribution in [2.45, 2.75) is 24.4 Å². The van der Waals surface area contributed by atoms with E-state index in [0.29, 0.717) is 17.1 Å². The number of hydrogen-bond acceptors (Lipinski definition) is 6. The normalized spacial score (nSPS) is 23.8. The Kier molecular flexibility index (Phi) is 4.36. The molecule has 0 aliphatic carbocycles. The fourth-order valence-electron chi connectivity index (χ4n) is 2.57. The van der Waals surface area contributed by atoms with Crippen LogP contribution in [-0.2, 0) is 19.9 Å². The van der Waals surface area contributed by atoms with E-state index in [4.69, 9.17) is 24.1 Å². The van der Waals surface area contributed by atoms with Gasteiger partial charge in [-0.1, -0.05) is 12.1 Å². The van der Waals surface area contributed by atoms with E-state index in [2.05, 4.69) is 0 Å². The first kappa shape index (κ1) is 15.6. The lowest BCUT2D eigenvalue weighted by molar-refractivity contribution is -0.205. The zero-order valence-electron chi connectivity index (χ0n) is 12.0. The molecule has 0 spiro atoms. The van der Waals surface area contributed by atoms with E-state index >= 15 is 0 Å². The summed E-state index contributed by atoms with van der Waals surface area (Å²) in [6, 6.07) is 4.92. The minimum absolute atomic E-state index is 0.299. The highest BCUT2D eigenvalue weighted by Gasteiger charge is 2.54. The Labute approximate surface area is 122 Å². The van der Waals surface area contributed by atoms with Gasteiger partial charge in [-0.05, 0) is 6.07 Å². The van der Waals surface area contributed by atoms with Gasteiger partial charge in [-0.2, -0.15) is 0 Å². The van der Waals surface area contributed by atoms with Gasteiger partial charge in [0, 0.05) is 19.8 Å². The molecule has 21 heavy (non-hydrogen) atoms. The molecule has 1 aliphatic heterocycles. The predicted octanol–water partition coefficient (Wildman–Crippen LogP) is 0.737. The number of ether oxygens (including phenoxy) is 4. The lowest BCUT2D eigenvalue weighted by atomic mass is 9.86. The van der Waals surface area contributed by atoms with Gasteiger partial charge in [0.25, 0.3) is 0 Å². The first-order valence-electron chi connectivity index (χ1n) is 6.31. The molecule has 0 radical (unpaired) electrons. The smallest absolute Gasteiger partial charge is 0.306 e. The van der Waals surface area contributed by atoms with Crippen LogP contribution in [0.5, 0.6) is 11.5 Å². The Hall–Kier alpha value is -1.83. The van der Waals surface area contributed by atoms with Crippen LogP contribution in [0.3, 0.4) is 0 Å². The van der Waals surface area contributed by atoms with Crippen molar-refractivity contribution in [2.75, 3.05) is 21.3 Å². The van der Waals surface area contributed by atoms with Crippen LogP contribution in [0.4, 0.5) is 0 Å². The molecule has 1 aliphatic rings. The first-order chi connectivity index (χ1) is 9.97. The summed E-state index contributed by atoms with van der Waals surface area (Å²) in [5, 5.41) is 20.0. The third-order valence-corrected chi connectivity index (χ3v) is 3.51. The minimum Gasteiger partial charge on any atom is -0.493 e. The molecular formula is C14H18O7. The number of carbonyl (C=O) groups is 1. The van der Waals surface area contributed by atoms with Crippen molar-refractivity contribution in [3.63, 3.8) is 0 Å². The molecule has 7 heteroatoms. The van der Waals surface area contributed by atoms with Gasteiger partial charge in [0.05, 0.1) is 13.5 Å². The molecule has 2 N–H and O–H groups in total. The summed E-state index contributed by atoms with van der Waals surface area (Å²) in [6.45, 7) is 0. The highest BCUT2D eigenvalue weighted by molar-refractivity contribution is 5.70.